The molecule has 0 aliphatic carbocycles. The number of ether oxygens (including phenoxy) is 1. The zero-order chi connectivity index (χ0) is 15.5. The lowest BCUT2D eigenvalue weighted by molar-refractivity contribution is 0.0459. The van der Waals surface area contributed by atoms with E-state index in [0.29, 0.717) is 5.69 Å². The van der Waals surface area contributed by atoms with E-state index in [0.717, 1.165) is 22.4 Å². The minimum atomic E-state index is -0.526. The molecule has 0 atom stereocenters. The summed E-state index contributed by atoms with van der Waals surface area (Å²) < 4.78 is 5.24. The number of benzene rings is 1. The van der Waals surface area contributed by atoms with Crippen molar-refractivity contribution in [2.45, 2.75) is 20.5 Å². The van der Waals surface area contributed by atoms with E-state index in [1.807, 2.05) is 31.2 Å². The molecule has 0 saturated carbocycles. The van der Waals surface area contributed by atoms with Crippen molar-refractivity contribution in [3.8, 4) is 0 Å². The minimum Gasteiger partial charge on any atom is -0.454 e. The Labute approximate surface area is 127 Å². The first-order valence-corrected chi connectivity index (χ1v) is 6.81. The molecule has 0 spiro atoms. The van der Waals surface area contributed by atoms with Gasteiger partial charge >= 0.3 is 5.97 Å². The molecule has 22 heavy (non-hydrogen) atoms. The van der Waals surface area contributed by atoms with Gasteiger partial charge in [-0.1, -0.05) is 12.1 Å². The molecule has 0 amide bonds. The predicted octanol–water partition coefficient (Wildman–Crippen LogP) is 2.39. The van der Waals surface area contributed by atoms with Gasteiger partial charge in [-0.15, -0.1) is 0 Å². The van der Waals surface area contributed by atoms with E-state index in [1.54, 1.807) is 6.92 Å². The van der Waals surface area contributed by atoms with E-state index in [2.05, 4.69) is 19.9 Å². The van der Waals surface area contributed by atoms with E-state index in [-0.39, 0.29) is 12.3 Å². The number of carbonyl (C=O) groups excluding carboxylic acids is 1. The zero-order valence-electron chi connectivity index (χ0n) is 12.3. The largest absolute Gasteiger partial charge is 0.454 e. The molecular weight excluding hydrogens is 280 g/mol. The molecule has 0 fully saturated rings. The standard InChI is InChI=1S/C16H14N4O2/c1-10-7-18-14(8-17-10)16(21)22-9-15-11(2)19-12-5-3-4-6-13(12)20-15/h3-8H,9H2,1-2H3. The molecule has 0 saturated heterocycles. The summed E-state index contributed by atoms with van der Waals surface area (Å²) >= 11 is 0. The first kappa shape index (κ1) is 14.1. The Bertz CT molecular complexity index is 831. The molecule has 2 heterocycles. The summed E-state index contributed by atoms with van der Waals surface area (Å²) in [5, 5.41) is 0. The van der Waals surface area contributed by atoms with E-state index in [4.69, 9.17) is 4.74 Å². The molecule has 0 bridgehead atoms. The minimum absolute atomic E-state index is 0.0536. The summed E-state index contributed by atoms with van der Waals surface area (Å²) in [5.74, 6) is -0.526. The number of aromatic nitrogens is 4. The van der Waals surface area contributed by atoms with Crippen LogP contribution in [0.5, 0.6) is 0 Å². The van der Waals surface area contributed by atoms with Crippen LogP contribution < -0.4 is 0 Å². The molecule has 0 aliphatic rings. The quantitative estimate of drug-likeness (QED) is 0.690. The summed E-state index contributed by atoms with van der Waals surface area (Å²) in [7, 11) is 0. The Kier molecular flexibility index (Phi) is 3.74. The molecule has 3 rings (SSSR count). The van der Waals surface area contributed by atoms with Crippen LogP contribution in [0.3, 0.4) is 0 Å². The third-order valence-electron chi connectivity index (χ3n) is 3.17. The fourth-order valence-corrected chi connectivity index (χ4v) is 1.97. The number of para-hydroxylation sites is 2. The number of nitrogens with zero attached hydrogens (tertiary/aromatic N) is 4. The topological polar surface area (TPSA) is 77.9 Å². The SMILES string of the molecule is Cc1cnc(C(=O)OCc2nc3ccccc3nc2C)cn1. The number of esters is 1. The Morgan fingerprint density at radius 3 is 2.45 bits per heavy atom. The highest BCUT2D eigenvalue weighted by Crippen LogP contribution is 2.13. The number of rotatable bonds is 3. The Morgan fingerprint density at radius 1 is 1.05 bits per heavy atom. The van der Waals surface area contributed by atoms with Crippen molar-refractivity contribution in [1.29, 1.82) is 0 Å². The molecule has 6 heteroatoms. The highest BCUT2D eigenvalue weighted by molar-refractivity contribution is 5.86. The van der Waals surface area contributed by atoms with Gasteiger partial charge in [0.25, 0.3) is 0 Å². The van der Waals surface area contributed by atoms with Crippen molar-refractivity contribution < 1.29 is 9.53 Å². The third kappa shape index (κ3) is 2.90. The summed E-state index contributed by atoms with van der Waals surface area (Å²) in [5.41, 5.74) is 3.88. The Morgan fingerprint density at radius 2 is 1.77 bits per heavy atom. The predicted molar refractivity (Wildman–Crippen MR) is 80.2 cm³/mol. The van der Waals surface area contributed by atoms with Crippen LogP contribution >= 0.6 is 0 Å². The molecular formula is C16H14N4O2. The monoisotopic (exact) mass is 294 g/mol. The summed E-state index contributed by atoms with van der Waals surface area (Å²) in [6, 6.07) is 7.57. The maximum Gasteiger partial charge on any atom is 0.358 e. The maximum atomic E-state index is 11.9. The van der Waals surface area contributed by atoms with Gasteiger partial charge in [0.15, 0.2) is 5.69 Å². The fourth-order valence-electron chi connectivity index (χ4n) is 1.97. The van der Waals surface area contributed by atoms with Crippen LogP contribution in [0.15, 0.2) is 36.7 Å². The Hall–Kier alpha value is -2.89. The van der Waals surface area contributed by atoms with Crippen LogP contribution in [-0.2, 0) is 11.3 Å². The first-order valence-electron chi connectivity index (χ1n) is 6.81. The van der Waals surface area contributed by atoms with Crippen molar-refractivity contribution in [3.63, 3.8) is 0 Å². The zero-order valence-corrected chi connectivity index (χ0v) is 12.3. The lowest BCUT2D eigenvalue weighted by Gasteiger charge is -2.07. The normalized spacial score (nSPS) is 10.6. The van der Waals surface area contributed by atoms with Gasteiger partial charge in [-0.05, 0) is 26.0 Å². The van der Waals surface area contributed by atoms with Crippen molar-refractivity contribution in [1.82, 2.24) is 19.9 Å². The second kappa shape index (κ2) is 5.85. The van der Waals surface area contributed by atoms with Crippen LogP contribution in [0, 0.1) is 13.8 Å². The number of carbonyl (C=O) groups is 1. The average Bonchev–Trinajstić information content (AvgIpc) is 2.53. The van der Waals surface area contributed by atoms with Crippen molar-refractivity contribution in [3.05, 3.63) is 59.4 Å². The average molecular weight is 294 g/mol. The molecule has 110 valence electrons. The van der Waals surface area contributed by atoms with Crippen LogP contribution in [-0.4, -0.2) is 25.9 Å². The number of hydrogen-bond acceptors (Lipinski definition) is 6. The van der Waals surface area contributed by atoms with E-state index < -0.39 is 5.97 Å². The highest BCUT2D eigenvalue weighted by Gasteiger charge is 2.12. The summed E-state index contributed by atoms with van der Waals surface area (Å²) in [4.78, 5) is 28.9. The van der Waals surface area contributed by atoms with Crippen LogP contribution in [0.1, 0.15) is 27.6 Å². The molecule has 0 unspecified atom stereocenters. The molecule has 2 aromatic heterocycles. The summed E-state index contributed by atoms with van der Waals surface area (Å²) in [6.07, 6.45) is 2.92. The molecule has 0 radical (unpaired) electrons. The van der Waals surface area contributed by atoms with E-state index in [9.17, 15) is 4.79 Å². The Balaban J connectivity index is 1.77. The van der Waals surface area contributed by atoms with Gasteiger partial charge in [-0.2, -0.15) is 0 Å². The van der Waals surface area contributed by atoms with Crippen LogP contribution in [0.2, 0.25) is 0 Å². The smallest absolute Gasteiger partial charge is 0.358 e. The summed E-state index contributed by atoms with van der Waals surface area (Å²) in [6.45, 7) is 3.70. The molecule has 0 N–H and O–H groups in total. The van der Waals surface area contributed by atoms with Gasteiger partial charge in [0.05, 0.1) is 34.3 Å². The van der Waals surface area contributed by atoms with Gasteiger partial charge in [-0.25, -0.2) is 19.7 Å². The van der Waals surface area contributed by atoms with Gasteiger partial charge in [0, 0.05) is 6.20 Å². The third-order valence-corrected chi connectivity index (χ3v) is 3.17. The van der Waals surface area contributed by atoms with Gasteiger partial charge in [-0.3, -0.25) is 4.98 Å². The van der Waals surface area contributed by atoms with E-state index >= 15 is 0 Å². The van der Waals surface area contributed by atoms with Crippen molar-refractivity contribution >= 4 is 17.0 Å². The second-order valence-corrected chi connectivity index (χ2v) is 4.86. The van der Waals surface area contributed by atoms with Crippen LogP contribution in [0.4, 0.5) is 0 Å². The lowest BCUT2D eigenvalue weighted by Crippen LogP contribution is -2.10. The van der Waals surface area contributed by atoms with Gasteiger partial charge in [0.1, 0.15) is 6.61 Å². The first-order chi connectivity index (χ1) is 10.6. The molecule has 6 nitrogen and oxygen atoms in total. The second-order valence-electron chi connectivity index (χ2n) is 4.86. The molecule has 3 aromatic rings. The molecule has 0 aliphatic heterocycles. The number of fused-ring (bicyclic) bond motifs is 1. The van der Waals surface area contributed by atoms with Gasteiger partial charge in [0.2, 0.25) is 0 Å². The van der Waals surface area contributed by atoms with E-state index in [1.165, 1.54) is 12.4 Å². The van der Waals surface area contributed by atoms with Crippen LogP contribution in [0.25, 0.3) is 11.0 Å². The lowest BCUT2D eigenvalue weighted by atomic mass is 10.2. The maximum absolute atomic E-state index is 11.9. The molecule has 1 aromatic carbocycles. The number of aryl methyl sites for hydroxylation is 2. The van der Waals surface area contributed by atoms with Gasteiger partial charge < -0.3 is 4.74 Å². The highest BCUT2D eigenvalue weighted by atomic mass is 16.5. The van der Waals surface area contributed by atoms with Crippen molar-refractivity contribution in [2.24, 2.45) is 0 Å². The van der Waals surface area contributed by atoms with Crippen molar-refractivity contribution in [2.75, 3.05) is 0 Å². The fraction of sp³-hybridized carbons (Fsp3) is 0.188. The number of hydrogen-bond donors (Lipinski definition) is 0.